The summed E-state index contributed by atoms with van der Waals surface area (Å²) < 4.78 is 0. The molecule has 0 saturated carbocycles. The van der Waals surface area contributed by atoms with E-state index in [1.807, 2.05) is 13.8 Å². The summed E-state index contributed by atoms with van der Waals surface area (Å²) in [6.07, 6.45) is 6.86. The van der Waals surface area contributed by atoms with Crippen LogP contribution in [0.15, 0.2) is 54.1 Å². The topological polar surface area (TPSA) is 98.0 Å². The molecule has 0 unspecified atom stereocenters. The molecule has 2 rings (SSSR count). The first-order valence-corrected chi connectivity index (χ1v) is 10.00. The van der Waals surface area contributed by atoms with Crippen molar-refractivity contribution >= 4 is 11.9 Å². The van der Waals surface area contributed by atoms with Crippen molar-refractivity contribution in [3.63, 3.8) is 0 Å². The molecule has 0 saturated heterocycles. The lowest BCUT2D eigenvalue weighted by molar-refractivity contribution is 0.0430. The van der Waals surface area contributed by atoms with Gasteiger partial charge < -0.3 is 20.4 Å². The molecule has 0 radical (unpaired) electrons. The van der Waals surface area contributed by atoms with E-state index in [1.165, 1.54) is 35.9 Å². The summed E-state index contributed by atoms with van der Waals surface area (Å²) in [7, 11) is 0. The molecule has 4 N–H and O–H groups in total. The quantitative estimate of drug-likeness (QED) is 0.261. The normalized spacial score (nSPS) is 13.2. The van der Waals surface area contributed by atoms with Gasteiger partial charge in [0.05, 0.1) is 11.2 Å². The molecule has 2 aromatic carbocycles. The molecular weight excluding hydrogens is 380 g/mol. The van der Waals surface area contributed by atoms with Crippen LogP contribution in [0.5, 0.6) is 17.2 Å². The van der Waals surface area contributed by atoms with E-state index in [4.69, 9.17) is 0 Å². The first-order valence-electron chi connectivity index (χ1n) is 10.00. The van der Waals surface area contributed by atoms with Crippen molar-refractivity contribution in [3.8, 4) is 17.2 Å². The summed E-state index contributed by atoms with van der Waals surface area (Å²) in [5.41, 5.74) is 1.30. The van der Waals surface area contributed by atoms with Crippen LogP contribution in [0.4, 0.5) is 0 Å². The number of aliphatic hydroxyl groups is 1. The molecule has 0 spiro atoms. The zero-order valence-electron chi connectivity index (χ0n) is 17.7. The summed E-state index contributed by atoms with van der Waals surface area (Å²) in [6, 6.07) is 9.13. The Hall–Kier alpha value is -3.05. The molecule has 30 heavy (non-hydrogen) atoms. The first kappa shape index (κ1) is 23.2. The van der Waals surface area contributed by atoms with E-state index in [-0.39, 0.29) is 34.8 Å². The van der Waals surface area contributed by atoms with Gasteiger partial charge in [-0.3, -0.25) is 4.79 Å². The first-order chi connectivity index (χ1) is 14.1. The van der Waals surface area contributed by atoms with Gasteiger partial charge in [0.2, 0.25) is 0 Å². The van der Waals surface area contributed by atoms with E-state index >= 15 is 0 Å². The molecule has 0 aliphatic heterocycles. The monoisotopic (exact) mass is 410 g/mol. The average Bonchev–Trinajstić information content (AvgIpc) is 2.66. The van der Waals surface area contributed by atoms with Crippen molar-refractivity contribution in [2.45, 2.75) is 52.1 Å². The van der Waals surface area contributed by atoms with Crippen molar-refractivity contribution < 1.29 is 25.2 Å². The predicted octanol–water partition coefficient (Wildman–Crippen LogP) is 5.13. The third-order valence-electron chi connectivity index (χ3n) is 4.99. The van der Waals surface area contributed by atoms with Gasteiger partial charge in [-0.25, -0.2) is 0 Å². The minimum atomic E-state index is -0.955. The lowest BCUT2D eigenvalue weighted by Gasteiger charge is -2.23. The van der Waals surface area contributed by atoms with Gasteiger partial charge in [-0.15, -0.1) is 0 Å². The fourth-order valence-electron chi connectivity index (χ4n) is 3.11. The van der Waals surface area contributed by atoms with Crippen LogP contribution in [-0.4, -0.2) is 31.8 Å². The Morgan fingerprint density at radius 3 is 2.30 bits per heavy atom. The average molecular weight is 411 g/mol. The number of rotatable bonds is 9. The maximum absolute atomic E-state index is 12.5. The molecule has 0 aliphatic carbocycles. The molecule has 0 bridgehead atoms. The SMILES string of the molecule is CC(C)=CCC[C@@](C)(O)CCc1c(O)ccc(C(=O)C=Cc2ccc(O)cc2)c1O. The van der Waals surface area contributed by atoms with Gasteiger partial charge in [0, 0.05) is 5.56 Å². The molecule has 2 aromatic rings. The molecule has 5 nitrogen and oxygen atoms in total. The third-order valence-corrected chi connectivity index (χ3v) is 4.99. The van der Waals surface area contributed by atoms with Crippen LogP contribution >= 0.6 is 0 Å². The van der Waals surface area contributed by atoms with Crippen molar-refractivity contribution in [2.24, 2.45) is 0 Å². The number of benzene rings is 2. The second kappa shape index (κ2) is 10.1. The summed E-state index contributed by atoms with van der Waals surface area (Å²) in [4.78, 5) is 12.5. The Labute approximate surface area is 177 Å². The highest BCUT2D eigenvalue weighted by atomic mass is 16.3. The Bertz CT molecular complexity index is 933. The van der Waals surface area contributed by atoms with Gasteiger partial charge >= 0.3 is 0 Å². The van der Waals surface area contributed by atoms with Crippen molar-refractivity contribution in [3.05, 3.63) is 70.8 Å². The molecule has 5 heteroatoms. The number of hydrogen-bond donors (Lipinski definition) is 4. The second-order valence-corrected chi connectivity index (χ2v) is 8.07. The van der Waals surface area contributed by atoms with Crippen LogP contribution in [-0.2, 0) is 6.42 Å². The number of aromatic hydroxyl groups is 3. The van der Waals surface area contributed by atoms with Crippen LogP contribution in [0.3, 0.4) is 0 Å². The molecule has 0 aromatic heterocycles. The summed E-state index contributed by atoms with van der Waals surface area (Å²) >= 11 is 0. The fourth-order valence-corrected chi connectivity index (χ4v) is 3.11. The smallest absolute Gasteiger partial charge is 0.189 e. The summed E-state index contributed by atoms with van der Waals surface area (Å²) in [5, 5.41) is 40.7. The number of carbonyl (C=O) groups excluding carboxylic acids is 1. The molecule has 0 amide bonds. The third kappa shape index (κ3) is 6.78. The molecule has 0 aliphatic rings. The van der Waals surface area contributed by atoms with Crippen LogP contribution in [0.25, 0.3) is 6.08 Å². The molecule has 0 heterocycles. The molecular formula is C25H30O5. The summed E-state index contributed by atoms with van der Waals surface area (Å²) in [5.74, 6) is -0.643. The van der Waals surface area contributed by atoms with Gasteiger partial charge in [0.15, 0.2) is 5.78 Å². The van der Waals surface area contributed by atoms with E-state index in [2.05, 4.69) is 6.08 Å². The van der Waals surface area contributed by atoms with Gasteiger partial charge in [0.25, 0.3) is 0 Å². The van der Waals surface area contributed by atoms with Crippen molar-refractivity contribution in [1.82, 2.24) is 0 Å². The number of allylic oxidation sites excluding steroid dienone is 3. The second-order valence-electron chi connectivity index (χ2n) is 8.07. The lowest BCUT2D eigenvalue weighted by atomic mass is 9.90. The predicted molar refractivity (Wildman–Crippen MR) is 119 cm³/mol. The van der Waals surface area contributed by atoms with E-state index in [0.29, 0.717) is 12.8 Å². The Morgan fingerprint density at radius 2 is 1.67 bits per heavy atom. The van der Waals surface area contributed by atoms with Crippen LogP contribution in [0.1, 0.15) is 61.5 Å². The van der Waals surface area contributed by atoms with E-state index < -0.39 is 11.4 Å². The van der Waals surface area contributed by atoms with Crippen LogP contribution in [0, 0.1) is 0 Å². The minimum absolute atomic E-state index is 0.0852. The molecule has 1 atom stereocenters. The zero-order valence-corrected chi connectivity index (χ0v) is 17.7. The number of carbonyl (C=O) groups is 1. The van der Waals surface area contributed by atoms with Crippen LogP contribution in [0.2, 0.25) is 0 Å². The van der Waals surface area contributed by atoms with Gasteiger partial charge in [-0.05, 0) is 82.4 Å². The number of ketones is 1. The molecule has 0 fully saturated rings. The Morgan fingerprint density at radius 1 is 1.00 bits per heavy atom. The molecule has 160 valence electrons. The number of hydrogen-bond acceptors (Lipinski definition) is 5. The van der Waals surface area contributed by atoms with Crippen LogP contribution < -0.4 is 0 Å². The van der Waals surface area contributed by atoms with Gasteiger partial charge in [-0.1, -0.05) is 29.9 Å². The standard InChI is InChI=1S/C25H30O5/c1-17(2)5-4-15-25(3,30)16-14-21-23(28)13-11-20(24(21)29)22(27)12-8-18-6-9-19(26)10-7-18/h5-13,26,28-30H,4,14-16H2,1-3H3/t25-/m1/s1. The highest BCUT2D eigenvalue weighted by Crippen LogP contribution is 2.34. The van der Waals surface area contributed by atoms with Gasteiger partial charge in [-0.2, -0.15) is 0 Å². The van der Waals surface area contributed by atoms with E-state index in [0.717, 1.165) is 12.0 Å². The van der Waals surface area contributed by atoms with Crippen molar-refractivity contribution in [2.75, 3.05) is 0 Å². The Kier molecular flexibility index (Phi) is 7.84. The van der Waals surface area contributed by atoms with E-state index in [9.17, 15) is 25.2 Å². The Balaban J connectivity index is 2.13. The zero-order chi connectivity index (χ0) is 22.3. The summed E-state index contributed by atoms with van der Waals surface area (Å²) in [6.45, 7) is 5.74. The number of phenols is 3. The minimum Gasteiger partial charge on any atom is -0.508 e. The lowest BCUT2D eigenvalue weighted by Crippen LogP contribution is -2.24. The fraction of sp³-hybridized carbons (Fsp3) is 0.320. The maximum Gasteiger partial charge on any atom is 0.189 e. The van der Waals surface area contributed by atoms with Gasteiger partial charge in [0.1, 0.15) is 17.2 Å². The maximum atomic E-state index is 12.5. The van der Waals surface area contributed by atoms with E-state index in [1.54, 1.807) is 25.1 Å². The highest BCUT2D eigenvalue weighted by Gasteiger charge is 2.23. The highest BCUT2D eigenvalue weighted by molar-refractivity contribution is 6.09. The number of phenolic OH excluding ortho intramolecular Hbond substituents is 3. The van der Waals surface area contributed by atoms with Crippen molar-refractivity contribution in [1.29, 1.82) is 0 Å². The largest absolute Gasteiger partial charge is 0.508 e.